The molecule has 3 unspecified atom stereocenters. The highest BCUT2D eigenvalue weighted by atomic mass is 16.3. The second kappa shape index (κ2) is 5.35. The van der Waals surface area contributed by atoms with Gasteiger partial charge >= 0.3 is 0 Å². The molecule has 0 spiro atoms. The van der Waals surface area contributed by atoms with Crippen LogP contribution in [-0.4, -0.2) is 10.7 Å². The molecule has 2 heteroatoms. The van der Waals surface area contributed by atoms with Gasteiger partial charge in [-0.15, -0.1) is 0 Å². The van der Waals surface area contributed by atoms with Crippen molar-refractivity contribution in [2.45, 2.75) is 51.6 Å². The fourth-order valence-corrected chi connectivity index (χ4v) is 3.49. The number of hydrogen-bond acceptors (Lipinski definition) is 2. The van der Waals surface area contributed by atoms with Crippen molar-refractivity contribution >= 4 is 0 Å². The molecule has 0 heterocycles. The number of aliphatic hydroxyl groups is 1. The van der Waals surface area contributed by atoms with Gasteiger partial charge in [0.25, 0.3) is 0 Å². The van der Waals surface area contributed by atoms with E-state index in [-0.39, 0.29) is 0 Å². The van der Waals surface area contributed by atoms with Gasteiger partial charge < -0.3 is 5.11 Å². The quantitative estimate of drug-likeness (QED) is 0.893. The Kier molecular flexibility index (Phi) is 3.96. The SMILES string of the molecule is CCC(O)(Cc1ccccc1)C1(C#N)CCC(C)C1. The summed E-state index contributed by atoms with van der Waals surface area (Å²) in [6.07, 6.45) is 3.89. The first-order valence-electron chi connectivity index (χ1n) is 7.23. The van der Waals surface area contributed by atoms with E-state index in [0.29, 0.717) is 18.8 Å². The molecule has 1 N–H and O–H groups in total. The summed E-state index contributed by atoms with van der Waals surface area (Å²) >= 11 is 0. The van der Waals surface area contributed by atoms with Crippen molar-refractivity contribution in [3.8, 4) is 6.07 Å². The Morgan fingerprint density at radius 2 is 2.11 bits per heavy atom. The van der Waals surface area contributed by atoms with Crippen LogP contribution in [0.1, 0.15) is 45.1 Å². The highest BCUT2D eigenvalue weighted by Crippen LogP contribution is 2.51. The lowest BCUT2D eigenvalue weighted by Crippen LogP contribution is -2.47. The van der Waals surface area contributed by atoms with Crippen LogP contribution in [0.3, 0.4) is 0 Å². The molecule has 0 amide bonds. The predicted molar refractivity (Wildman–Crippen MR) is 76.4 cm³/mol. The smallest absolute Gasteiger partial charge is 0.0870 e. The molecule has 1 aromatic rings. The fourth-order valence-electron chi connectivity index (χ4n) is 3.49. The zero-order valence-electron chi connectivity index (χ0n) is 11.9. The molecule has 2 nitrogen and oxygen atoms in total. The van der Waals surface area contributed by atoms with Crippen LogP contribution in [0, 0.1) is 22.7 Å². The number of benzene rings is 1. The van der Waals surface area contributed by atoms with Gasteiger partial charge in [-0.05, 0) is 37.2 Å². The Hall–Kier alpha value is -1.33. The first kappa shape index (κ1) is 14.1. The molecule has 1 aliphatic rings. The van der Waals surface area contributed by atoms with Gasteiger partial charge in [0, 0.05) is 6.42 Å². The lowest BCUT2D eigenvalue weighted by Gasteiger charge is -2.40. The van der Waals surface area contributed by atoms with Gasteiger partial charge in [-0.2, -0.15) is 5.26 Å². The van der Waals surface area contributed by atoms with Crippen LogP contribution in [0.5, 0.6) is 0 Å². The van der Waals surface area contributed by atoms with E-state index >= 15 is 0 Å². The van der Waals surface area contributed by atoms with E-state index in [0.717, 1.165) is 24.8 Å². The maximum Gasteiger partial charge on any atom is 0.0870 e. The average Bonchev–Trinajstić information content (AvgIpc) is 2.83. The molecule has 0 bridgehead atoms. The fraction of sp³-hybridized carbons (Fsp3) is 0.588. The maximum absolute atomic E-state index is 11.1. The van der Waals surface area contributed by atoms with Crippen LogP contribution in [0.4, 0.5) is 0 Å². The third-order valence-corrected chi connectivity index (χ3v) is 4.79. The minimum Gasteiger partial charge on any atom is -0.388 e. The largest absolute Gasteiger partial charge is 0.388 e. The van der Waals surface area contributed by atoms with Crippen LogP contribution < -0.4 is 0 Å². The topological polar surface area (TPSA) is 44.0 Å². The Morgan fingerprint density at radius 1 is 1.42 bits per heavy atom. The summed E-state index contributed by atoms with van der Waals surface area (Å²) in [4.78, 5) is 0. The second-order valence-corrected chi connectivity index (χ2v) is 6.09. The average molecular weight is 257 g/mol. The summed E-state index contributed by atoms with van der Waals surface area (Å²) in [5, 5.41) is 20.8. The minimum absolute atomic E-state index is 0.536. The lowest BCUT2D eigenvalue weighted by molar-refractivity contribution is -0.0572. The van der Waals surface area contributed by atoms with Gasteiger partial charge in [-0.25, -0.2) is 0 Å². The summed E-state index contributed by atoms with van der Waals surface area (Å²) in [6.45, 7) is 4.17. The van der Waals surface area contributed by atoms with Crippen molar-refractivity contribution in [1.82, 2.24) is 0 Å². The highest BCUT2D eigenvalue weighted by Gasteiger charge is 2.52. The van der Waals surface area contributed by atoms with Crippen molar-refractivity contribution in [2.24, 2.45) is 11.3 Å². The zero-order valence-corrected chi connectivity index (χ0v) is 11.9. The third kappa shape index (κ3) is 2.53. The molecular weight excluding hydrogens is 234 g/mol. The molecule has 0 radical (unpaired) electrons. The summed E-state index contributed by atoms with van der Waals surface area (Å²) < 4.78 is 0. The second-order valence-electron chi connectivity index (χ2n) is 6.09. The van der Waals surface area contributed by atoms with Crippen molar-refractivity contribution in [3.63, 3.8) is 0 Å². The first-order valence-corrected chi connectivity index (χ1v) is 7.23. The summed E-state index contributed by atoms with van der Waals surface area (Å²) in [5.41, 5.74) is -0.369. The summed E-state index contributed by atoms with van der Waals surface area (Å²) in [6, 6.07) is 12.5. The van der Waals surface area contributed by atoms with E-state index < -0.39 is 11.0 Å². The summed E-state index contributed by atoms with van der Waals surface area (Å²) in [5.74, 6) is 0.536. The normalized spacial score (nSPS) is 29.7. The molecule has 1 aromatic carbocycles. The van der Waals surface area contributed by atoms with Crippen molar-refractivity contribution in [3.05, 3.63) is 35.9 Å². The monoisotopic (exact) mass is 257 g/mol. The van der Waals surface area contributed by atoms with E-state index in [1.807, 2.05) is 37.3 Å². The van der Waals surface area contributed by atoms with E-state index in [1.165, 1.54) is 0 Å². The van der Waals surface area contributed by atoms with Crippen molar-refractivity contribution in [1.29, 1.82) is 5.26 Å². The van der Waals surface area contributed by atoms with Crippen LogP contribution in [0.2, 0.25) is 0 Å². The van der Waals surface area contributed by atoms with Gasteiger partial charge in [0.2, 0.25) is 0 Å². The van der Waals surface area contributed by atoms with Crippen LogP contribution in [-0.2, 0) is 6.42 Å². The van der Waals surface area contributed by atoms with Crippen LogP contribution >= 0.6 is 0 Å². The Labute approximate surface area is 116 Å². The highest BCUT2D eigenvalue weighted by molar-refractivity contribution is 5.22. The van der Waals surface area contributed by atoms with Gasteiger partial charge in [0.05, 0.1) is 17.1 Å². The Morgan fingerprint density at radius 3 is 2.58 bits per heavy atom. The van der Waals surface area contributed by atoms with Gasteiger partial charge in [0.15, 0.2) is 0 Å². The summed E-state index contributed by atoms with van der Waals surface area (Å²) in [7, 11) is 0. The number of nitriles is 1. The Bertz CT molecular complexity index is 464. The van der Waals surface area contributed by atoms with Crippen molar-refractivity contribution < 1.29 is 5.11 Å². The van der Waals surface area contributed by atoms with Crippen LogP contribution in [0.15, 0.2) is 30.3 Å². The molecule has 1 aliphatic carbocycles. The number of rotatable bonds is 4. The molecule has 2 rings (SSSR count). The maximum atomic E-state index is 11.1. The minimum atomic E-state index is -0.909. The first-order chi connectivity index (χ1) is 9.05. The molecule has 0 aromatic heterocycles. The molecule has 19 heavy (non-hydrogen) atoms. The lowest BCUT2D eigenvalue weighted by atomic mass is 9.67. The van der Waals surface area contributed by atoms with E-state index in [2.05, 4.69) is 13.0 Å². The van der Waals surface area contributed by atoms with E-state index in [4.69, 9.17) is 0 Å². The van der Waals surface area contributed by atoms with E-state index in [9.17, 15) is 10.4 Å². The molecule has 102 valence electrons. The zero-order chi connectivity index (χ0) is 13.9. The molecule has 1 fully saturated rings. The molecule has 3 atom stereocenters. The van der Waals surface area contributed by atoms with Gasteiger partial charge in [-0.3, -0.25) is 0 Å². The van der Waals surface area contributed by atoms with Crippen LogP contribution in [0.25, 0.3) is 0 Å². The molecule has 0 saturated heterocycles. The number of nitrogens with zero attached hydrogens (tertiary/aromatic N) is 1. The van der Waals surface area contributed by atoms with E-state index in [1.54, 1.807) is 0 Å². The van der Waals surface area contributed by atoms with Gasteiger partial charge in [0.1, 0.15) is 0 Å². The standard InChI is InChI=1S/C17H23NO/c1-3-17(19,12-15-7-5-4-6-8-15)16(13-18)10-9-14(2)11-16/h4-8,14,19H,3,9-12H2,1-2H3. The Balaban J connectivity index is 2.29. The third-order valence-electron chi connectivity index (χ3n) is 4.79. The van der Waals surface area contributed by atoms with Gasteiger partial charge in [-0.1, -0.05) is 44.2 Å². The molecule has 1 saturated carbocycles. The predicted octanol–water partition coefficient (Wildman–Crippen LogP) is 3.70. The molecular formula is C17H23NO. The molecule has 0 aliphatic heterocycles. The van der Waals surface area contributed by atoms with Crippen molar-refractivity contribution in [2.75, 3.05) is 0 Å². The number of hydrogen-bond donors (Lipinski definition) is 1.